The molecule has 0 bridgehead atoms. The lowest BCUT2D eigenvalue weighted by molar-refractivity contribution is 0.00578. The molecule has 1 aromatic rings. The van der Waals surface area contributed by atoms with Crippen molar-refractivity contribution >= 4 is 23.3 Å². The number of rotatable bonds is 4. The summed E-state index contributed by atoms with van der Waals surface area (Å²) in [6.45, 7) is 7.54. The molecule has 1 heterocycles. The van der Waals surface area contributed by atoms with Crippen molar-refractivity contribution in [3.63, 3.8) is 0 Å². The van der Waals surface area contributed by atoms with Gasteiger partial charge < -0.3 is 9.31 Å². The molecule has 0 radical (unpaired) electrons. The molecule has 0 aromatic heterocycles. The molecule has 2 rings (SSSR count). The van der Waals surface area contributed by atoms with Crippen LogP contribution in [0.5, 0.6) is 0 Å². The van der Waals surface area contributed by atoms with Crippen LogP contribution in [0.4, 0.5) is 8.78 Å². The Bertz CT molecular complexity index is 620. The molecule has 0 aliphatic carbocycles. The van der Waals surface area contributed by atoms with E-state index in [0.29, 0.717) is 5.46 Å². The first-order valence-electron chi connectivity index (χ1n) is 6.92. The summed E-state index contributed by atoms with van der Waals surface area (Å²) in [5.41, 5.74) is -0.765. The molecule has 1 aliphatic heterocycles. The van der Waals surface area contributed by atoms with Gasteiger partial charge in [-0.15, -0.1) is 0 Å². The van der Waals surface area contributed by atoms with E-state index in [1.54, 1.807) is 0 Å². The highest BCUT2D eigenvalue weighted by Crippen LogP contribution is 2.36. The van der Waals surface area contributed by atoms with Crippen LogP contribution in [-0.2, 0) is 25.8 Å². The van der Waals surface area contributed by atoms with Crippen LogP contribution < -0.4 is 5.46 Å². The van der Waals surface area contributed by atoms with Crippen LogP contribution in [-0.4, -0.2) is 26.7 Å². The molecule has 0 amide bonds. The van der Waals surface area contributed by atoms with E-state index in [9.17, 15) is 17.2 Å². The molecule has 0 spiro atoms. The van der Waals surface area contributed by atoms with E-state index in [2.05, 4.69) is 0 Å². The van der Waals surface area contributed by atoms with Crippen molar-refractivity contribution in [1.29, 1.82) is 0 Å². The lowest BCUT2D eigenvalue weighted by atomic mass is 9.78. The molecule has 0 atom stereocenters. The van der Waals surface area contributed by atoms with E-state index in [4.69, 9.17) is 9.31 Å². The van der Waals surface area contributed by atoms with E-state index in [1.807, 2.05) is 27.7 Å². The molecular formula is C14H19BF2O4S. The first kappa shape index (κ1) is 17.4. The van der Waals surface area contributed by atoms with E-state index in [-0.39, 0.29) is 11.1 Å². The Morgan fingerprint density at radius 2 is 1.68 bits per heavy atom. The van der Waals surface area contributed by atoms with Crippen LogP contribution in [0.25, 0.3) is 0 Å². The molecule has 0 saturated carbocycles. The fourth-order valence-electron chi connectivity index (χ4n) is 2.24. The van der Waals surface area contributed by atoms with E-state index < -0.39 is 41.2 Å². The second kappa shape index (κ2) is 5.90. The Kier molecular flexibility index (Phi) is 4.66. The van der Waals surface area contributed by atoms with Crippen molar-refractivity contribution < 1.29 is 26.5 Å². The van der Waals surface area contributed by atoms with Gasteiger partial charge in [-0.3, -0.25) is 0 Å². The largest absolute Gasteiger partial charge is 0.494 e. The molecular weight excluding hydrogens is 313 g/mol. The van der Waals surface area contributed by atoms with Gasteiger partial charge in [0.05, 0.1) is 17.0 Å². The Labute approximate surface area is 130 Å². The molecule has 8 heteroatoms. The molecule has 1 aliphatic rings. The lowest BCUT2D eigenvalue weighted by Gasteiger charge is -2.32. The third-order valence-corrected chi connectivity index (χ3v) is 4.83. The van der Waals surface area contributed by atoms with Gasteiger partial charge in [-0.25, -0.2) is 17.2 Å². The Balaban J connectivity index is 2.38. The van der Waals surface area contributed by atoms with Gasteiger partial charge in [0.25, 0.3) is 6.43 Å². The third kappa shape index (κ3) is 3.34. The molecule has 4 nitrogen and oxygen atoms in total. The minimum absolute atomic E-state index is 0.0818. The molecule has 0 unspecified atom stereocenters. The van der Waals surface area contributed by atoms with Crippen molar-refractivity contribution in [2.24, 2.45) is 0 Å². The minimum Gasteiger partial charge on any atom is -0.399 e. The smallest absolute Gasteiger partial charge is 0.399 e. The number of hydrogen-bond acceptors (Lipinski definition) is 4. The van der Waals surface area contributed by atoms with Gasteiger partial charge in [-0.05, 0) is 38.7 Å². The lowest BCUT2D eigenvalue weighted by Crippen LogP contribution is -2.41. The summed E-state index contributed by atoms with van der Waals surface area (Å²) in [6.07, 6.45) is -2.72. The zero-order chi connectivity index (χ0) is 16.7. The van der Waals surface area contributed by atoms with E-state index in [0.717, 1.165) is 0 Å². The normalized spacial score (nSPS) is 20.1. The van der Waals surface area contributed by atoms with Gasteiger partial charge in [-0.2, -0.15) is 0 Å². The zero-order valence-electron chi connectivity index (χ0n) is 12.9. The van der Waals surface area contributed by atoms with Gasteiger partial charge in [0, 0.05) is 5.56 Å². The second-order valence-electron chi connectivity index (χ2n) is 6.34. The van der Waals surface area contributed by atoms with Gasteiger partial charge in [-0.1, -0.05) is 18.2 Å². The predicted octanol–water partition coefficient (Wildman–Crippen LogP) is 2.03. The van der Waals surface area contributed by atoms with Gasteiger partial charge in [0.15, 0.2) is 0 Å². The highest BCUT2D eigenvalue weighted by atomic mass is 32.2. The van der Waals surface area contributed by atoms with Gasteiger partial charge in [0.2, 0.25) is 0 Å². The summed E-state index contributed by atoms with van der Waals surface area (Å²) in [6, 6.07) is 4.15. The number of hydrogen-bond donors (Lipinski definition) is 1. The highest BCUT2D eigenvalue weighted by molar-refractivity contribution is 7.71. The molecule has 1 aromatic carbocycles. The molecule has 1 fully saturated rings. The molecule has 22 heavy (non-hydrogen) atoms. The van der Waals surface area contributed by atoms with Crippen molar-refractivity contribution in [1.82, 2.24) is 0 Å². The maximum absolute atomic E-state index is 13.0. The van der Waals surface area contributed by atoms with Crippen LogP contribution in [0.15, 0.2) is 18.2 Å². The quantitative estimate of drug-likeness (QED) is 0.677. The van der Waals surface area contributed by atoms with Crippen molar-refractivity contribution in [3.05, 3.63) is 29.3 Å². The van der Waals surface area contributed by atoms with E-state index >= 15 is 0 Å². The Morgan fingerprint density at radius 1 is 1.14 bits per heavy atom. The maximum Gasteiger partial charge on any atom is 0.494 e. The van der Waals surface area contributed by atoms with Crippen LogP contribution in [0.2, 0.25) is 0 Å². The monoisotopic (exact) mass is 332 g/mol. The summed E-state index contributed by atoms with van der Waals surface area (Å²) in [7, 11) is -3.50. The topological polar surface area (TPSA) is 52.6 Å². The average Bonchev–Trinajstić information content (AvgIpc) is 2.57. The van der Waals surface area contributed by atoms with Gasteiger partial charge >= 0.3 is 7.12 Å². The molecule has 1 saturated heterocycles. The zero-order valence-corrected chi connectivity index (χ0v) is 13.8. The first-order valence-corrected chi connectivity index (χ1v) is 8.28. The average molecular weight is 332 g/mol. The van der Waals surface area contributed by atoms with Crippen molar-refractivity contribution in [3.8, 4) is 0 Å². The number of alkyl halides is 2. The molecule has 0 N–H and O–H groups in total. The summed E-state index contributed by atoms with van der Waals surface area (Å²) in [5, 5.41) is 0. The van der Waals surface area contributed by atoms with Crippen LogP contribution in [0.1, 0.15) is 45.2 Å². The van der Waals surface area contributed by atoms with Crippen molar-refractivity contribution in [2.75, 3.05) is 0 Å². The fraction of sp³-hybridized carbons (Fsp3) is 0.571. The first-order chi connectivity index (χ1) is 10.0. The minimum atomic E-state index is -2.80. The number of thiol groups is 1. The van der Waals surface area contributed by atoms with Crippen molar-refractivity contribution in [2.45, 2.75) is 51.1 Å². The van der Waals surface area contributed by atoms with Crippen LogP contribution in [0, 0.1) is 0 Å². The summed E-state index contributed by atoms with van der Waals surface area (Å²) < 4.78 is 59.5. The van der Waals surface area contributed by atoms with Crippen LogP contribution in [0.3, 0.4) is 0 Å². The third-order valence-electron chi connectivity index (χ3n) is 4.23. The summed E-state index contributed by atoms with van der Waals surface area (Å²) in [5.74, 6) is -0.428. The summed E-state index contributed by atoms with van der Waals surface area (Å²) in [4.78, 5) is 0. The van der Waals surface area contributed by atoms with Crippen LogP contribution >= 0.6 is 0 Å². The fourth-order valence-corrected chi connectivity index (χ4v) is 2.79. The maximum atomic E-state index is 13.0. The van der Waals surface area contributed by atoms with Gasteiger partial charge in [0.1, 0.15) is 10.7 Å². The predicted molar refractivity (Wildman–Crippen MR) is 81.1 cm³/mol. The highest BCUT2D eigenvalue weighted by Gasteiger charge is 2.51. The Morgan fingerprint density at radius 3 is 2.14 bits per heavy atom. The number of benzene rings is 1. The summed E-state index contributed by atoms with van der Waals surface area (Å²) >= 11 is 0. The van der Waals surface area contributed by atoms with E-state index in [1.165, 1.54) is 18.2 Å². The second-order valence-corrected chi connectivity index (χ2v) is 7.32. The Hall–Kier alpha value is -0.985. The number of halogens is 2. The standard InChI is InChI=1S/C14H19BF2O4S/c1-13(2)14(3,4)21-15(20-13)10-5-6-11(12(16)17)9(7-10)8-22(18)19/h5-7,12,22H,8H2,1-4H3. The molecule has 122 valence electrons. The SMILES string of the molecule is CC1(C)OB(c2ccc(C(F)F)c(C[SH](=O)=O)c2)OC1(C)C.